The SMILES string of the molecule is C[C@H]1CN(Cc2ccccc2)CC[C@H]1N(C)C(=O)Nc1ccc([N+](=O)[O-])cc1. The summed E-state index contributed by atoms with van der Waals surface area (Å²) in [4.78, 5) is 27.1. The van der Waals surface area contributed by atoms with Gasteiger partial charge in [0.05, 0.1) is 4.92 Å². The Balaban J connectivity index is 1.54. The van der Waals surface area contributed by atoms with Gasteiger partial charge in [-0.3, -0.25) is 15.0 Å². The van der Waals surface area contributed by atoms with E-state index in [0.717, 1.165) is 26.1 Å². The highest BCUT2D eigenvalue weighted by Crippen LogP contribution is 2.24. The van der Waals surface area contributed by atoms with Crippen LogP contribution in [0.15, 0.2) is 54.6 Å². The lowest BCUT2D eigenvalue weighted by atomic mass is 9.92. The molecule has 0 spiro atoms. The van der Waals surface area contributed by atoms with E-state index in [9.17, 15) is 14.9 Å². The highest BCUT2D eigenvalue weighted by atomic mass is 16.6. The van der Waals surface area contributed by atoms with Gasteiger partial charge in [-0.25, -0.2) is 4.79 Å². The first-order chi connectivity index (χ1) is 13.4. The van der Waals surface area contributed by atoms with E-state index in [2.05, 4.69) is 41.4 Å². The maximum absolute atomic E-state index is 12.6. The number of non-ortho nitro benzene ring substituents is 1. The number of benzene rings is 2. The predicted octanol–water partition coefficient (Wildman–Crippen LogP) is 3.97. The molecule has 1 fully saturated rings. The molecule has 0 aliphatic carbocycles. The van der Waals surface area contributed by atoms with E-state index in [-0.39, 0.29) is 17.8 Å². The largest absolute Gasteiger partial charge is 0.324 e. The van der Waals surface area contributed by atoms with Crippen molar-refractivity contribution in [3.05, 3.63) is 70.3 Å². The van der Waals surface area contributed by atoms with Crippen molar-refractivity contribution in [3.8, 4) is 0 Å². The molecule has 1 aliphatic rings. The van der Waals surface area contributed by atoms with E-state index < -0.39 is 4.92 Å². The summed E-state index contributed by atoms with van der Waals surface area (Å²) in [6.07, 6.45) is 0.915. The number of rotatable bonds is 5. The summed E-state index contributed by atoms with van der Waals surface area (Å²) in [6.45, 7) is 4.99. The third-order valence-electron chi connectivity index (χ3n) is 5.34. The first-order valence-corrected chi connectivity index (χ1v) is 9.48. The number of likely N-dealkylation sites (tertiary alicyclic amines) is 1. The summed E-state index contributed by atoms with van der Waals surface area (Å²) in [5.41, 5.74) is 1.86. The first kappa shape index (κ1) is 19.8. The van der Waals surface area contributed by atoms with Gasteiger partial charge in [-0.2, -0.15) is 0 Å². The number of piperidine rings is 1. The third kappa shape index (κ3) is 4.86. The molecule has 2 aromatic rings. The van der Waals surface area contributed by atoms with Gasteiger partial charge in [0.15, 0.2) is 0 Å². The number of hydrogen-bond donors (Lipinski definition) is 1. The molecule has 0 saturated carbocycles. The van der Waals surface area contributed by atoms with Crippen LogP contribution in [0.5, 0.6) is 0 Å². The maximum Gasteiger partial charge on any atom is 0.321 e. The normalized spacial score (nSPS) is 19.8. The Morgan fingerprint density at radius 2 is 1.89 bits per heavy atom. The van der Waals surface area contributed by atoms with Crippen LogP contribution in [-0.2, 0) is 6.54 Å². The van der Waals surface area contributed by atoms with Gasteiger partial charge in [-0.05, 0) is 30.0 Å². The van der Waals surface area contributed by atoms with Crippen molar-refractivity contribution in [3.63, 3.8) is 0 Å². The van der Waals surface area contributed by atoms with Crippen LogP contribution in [0, 0.1) is 16.0 Å². The minimum absolute atomic E-state index is 0.00534. The number of nitrogens with one attached hydrogen (secondary N) is 1. The topological polar surface area (TPSA) is 78.7 Å². The number of carbonyl (C=O) groups is 1. The maximum atomic E-state index is 12.6. The Labute approximate surface area is 165 Å². The third-order valence-corrected chi connectivity index (χ3v) is 5.34. The van der Waals surface area contributed by atoms with E-state index in [1.54, 1.807) is 17.0 Å². The fraction of sp³-hybridized carbons (Fsp3) is 0.381. The Morgan fingerprint density at radius 1 is 1.21 bits per heavy atom. The molecule has 28 heavy (non-hydrogen) atoms. The van der Waals surface area contributed by atoms with E-state index in [1.165, 1.54) is 17.7 Å². The summed E-state index contributed by atoms with van der Waals surface area (Å²) < 4.78 is 0. The van der Waals surface area contributed by atoms with Crippen molar-refractivity contribution in [2.75, 3.05) is 25.5 Å². The molecule has 148 valence electrons. The lowest BCUT2D eigenvalue weighted by Crippen LogP contribution is -2.51. The number of nitro groups is 1. The molecule has 2 aromatic carbocycles. The fourth-order valence-corrected chi connectivity index (χ4v) is 3.81. The fourth-order valence-electron chi connectivity index (χ4n) is 3.81. The Morgan fingerprint density at radius 3 is 2.50 bits per heavy atom. The molecule has 0 bridgehead atoms. The van der Waals surface area contributed by atoms with Crippen molar-refractivity contribution in [2.24, 2.45) is 5.92 Å². The number of nitrogens with zero attached hydrogens (tertiary/aromatic N) is 3. The Bertz CT molecular complexity index is 810. The first-order valence-electron chi connectivity index (χ1n) is 9.48. The van der Waals surface area contributed by atoms with Crippen LogP contribution in [0.4, 0.5) is 16.2 Å². The molecule has 0 radical (unpaired) electrons. The molecule has 2 atom stereocenters. The zero-order valence-corrected chi connectivity index (χ0v) is 16.2. The summed E-state index contributed by atoms with van der Waals surface area (Å²) in [5, 5.41) is 13.6. The van der Waals surface area contributed by atoms with E-state index in [4.69, 9.17) is 0 Å². The van der Waals surface area contributed by atoms with E-state index >= 15 is 0 Å². The van der Waals surface area contributed by atoms with Gasteiger partial charge in [-0.15, -0.1) is 0 Å². The summed E-state index contributed by atoms with van der Waals surface area (Å²) in [6, 6.07) is 16.3. The molecule has 1 aliphatic heterocycles. The number of anilines is 1. The van der Waals surface area contributed by atoms with Crippen molar-refractivity contribution in [1.29, 1.82) is 0 Å². The zero-order valence-electron chi connectivity index (χ0n) is 16.2. The molecule has 1 N–H and O–H groups in total. The van der Waals surface area contributed by atoms with Gasteiger partial charge < -0.3 is 10.2 Å². The molecule has 7 heteroatoms. The van der Waals surface area contributed by atoms with Crippen molar-refractivity contribution in [1.82, 2.24) is 9.80 Å². The molecule has 3 rings (SSSR count). The number of nitro benzene ring substituents is 1. The van der Waals surface area contributed by atoms with E-state index in [1.807, 2.05) is 13.1 Å². The van der Waals surface area contributed by atoms with Gasteiger partial charge in [0.1, 0.15) is 0 Å². The number of amides is 2. The van der Waals surface area contributed by atoms with Crippen LogP contribution in [0.1, 0.15) is 18.9 Å². The highest BCUT2D eigenvalue weighted by Gasteiger charge is 2.31. The van der Waals surface area contributed by atoms with Crippen molar-refractivity contribution >= 4 is 17.4 Å². The van der Waals surface area contributed by atoms with Gasteiger partial charge >= 0.3 is 6.03 Å². The van der Waals surface area contributed by atoms with Crippen LogP contribution in [0.2, 0.25) is 0 Å². The summed E-state index contributed by atoms with van der Waals surface area (Å²) >= 11 is 0. The molecule has 1 saturated heterocycles. The molecular weight excluding hydrogens is 356 g/mol. The van der Waals surface area contributed by atoms with Crippen molar-refractivity contribution in [2.45, 2.75) is 25.9 Å². The van der Waals surface area contributed by atoms with Gasteiger partial charge in [0, 0.05) is 50.5 Å². The average Bonchev–Trinajstić information content (AvgIpc) is 2.69. The monoisotopic (exact) mass is 382 g/mol. The molecule has 0 aromatic heterocycles. The molecule has 0 unspecified atom stereocenters. The van der Waals surface area contributed by atoms with Crippen LogP contribution < -0.4 is 5.32 Å². The Kier molecular flexibility index (Phi) is 6.26. The molecular formula is C21H26N4O3. The zero-order chi connectivity index (χ0) is 20.1. The lowest BCUT2D eigenvalue weighted by Gasteiger charge is -2.41. The summed E-state index contributed by atoms with van der Waals surface area (Å²) in [7, 11) is 1.81. The second kappa shape index (κ2) is 8.84. The quantitative estimate of drug-likeness (QED) is 0.627. The minimum Gasteiger partial charge on any atom is -0.324 e. The predicted molar refractivity (Wildman–Crippen MR) is 109 cm³/mol. The summed E-state index contributed by atoms with van der Waals surface area (Å²) in [5.74, 6) is 0.352. The van der Waals surface area contributed by atoms with Gasteiger partial charge in [0.25, 0.3) is 5.69 Å². The second-order valence-corrected chi connectivity index (χ2v) is 7.40. The number of urea groups is 1. The smallest absolute Gasteiger partial charge is 0.321 e. The van der Waals surface area contributed by atoms with E-state index in [0.29, 0.717) is 11.6 Å². The van der Waals surface area contributed by atoms with Crippen LogP contribution in [-0.4, -0.2) is 46.9 Å². The standard InChI is InChI=1S/C21H26N4O3/c1-16-14-24(15-17-6-4-3-5-7-17)13-12-20(16)23(2)21(26)22-18-8-10-19(11-9-18)25(27)28/h3-11,16,20H,12-15H2,1-2H3,(H,22,26)/t16-,20+/m0/s1. The highest BCUT2D eigenvalue weighted by molar-refractivity contribution is 5.89. The van der Waals surface area contributed by atoms with Gasteiger partial charge in [-0.1, -0.05) is 37.3 Å². The van der Waals surface area contributed by atoms with Crippen LogP contribution in [0.3, 0.4) is 0 Å². The number of carbonyl (C=O) groups excluding carboxylic acids is 1. The van der Waals surface area contributed by atoms with Gasteiger partial charge in [0.2, 0.25) is 0 Å². The number of hydrogen-bond acceptors (Lipinski definition) is 4. The van der Waals surface area contributed by atoms with Crippen LogP contribution in [0.25, 0.3) is 0 Å². The molecule has 2 amide bonds. The minimum atomic E-state index is -0.456. The van der Waals surface area contributed by atoms with Crippen LogP contribution >= 0.6 is 0 Å². The second-order valence-electron chi connectivity index (χ2n) is 7.40. The lowest BCUT2D eigenvalue weighted by molar-refractivity contribution is -0.384. The Hall–Kier alpha value is -2.93. The molecule has 1 heterocycles. The van der Waals surface area contributed by atoms with Crippen molar-refractivity contribution < 1.29 is 9.72 Å². The molecule has 7 nitrogen and oxygen atoms in total. The average molecular weight is 382 g/mol.